The van der Waals surface area contributed by atoms with Crippen LogP contribution in [0, 0.1) is 22.9 Å². The molecule has 0 atom stereocenters. The molecule has 0 aliphatic heterocycles. The number of nitrogens with zero attached hydrogens (tertiary/aromatic N) is 2. The number of nitrogens with one attached hydrogen (secondary N) is 1. The molecule has 0 bridgehead atoms. The number of aryl methyl sites for hydroxylation is 1. The predicted octanol–water partition coefficient (Wildman–Crippen LogP) is 3.87. The molecule has 1 heterocycles. The van der Waals surface area contributed by atoms with Crippen LogP contribution in [-0.2, 0) is 6.61 Å². The first kappa shape index (κ1) is 19.8. The Morgan fingerprint density at radius 2 is 2.10 bits per heavy atom. The van der Waals surface area contributed by atoms with Crippen molar-refractivity contribution in [1.82, 2.24) is 5.16 Å². The van der Waals surface area contributed by atoms with E-state index in [1.165, 1.54) is 43.5 Å². The van der Waals surface area contributed by atoms with Crippen molar-refractivity contribution >= 4 is 17.3 Å². The largest absolute Gasteiger partial charge is 0.494 e. The molecule has 150 valence electrons. The number of rotatable bonds is 7. The maximum absolute atomic E-state index is 13.3. The van der Waals surface area contributed by atoms with E-state index >= 15 is 0 Å². The van der Waals surface area contributed by atoms with Crippen LogP contribution in [0.15, 0.2) is 47.0 Å². The van der Waals surface area contributed by atoms with Gasteiger partial charge in [0.2, 0.25) is 0 Å². The number of hydrogen-bond donors (Lipinski definition) is 1. The molecule has 9 nitrogen and oxygen atoms in total. The van der Waals surface area contributed by atoms with Gasteiger partial charge in [0.15, 0.2) is 5.69 Å². The molecule has 2 aromatic carbocycles. The van der Waals surface area contributed by atoms with Gasteiger partial charge in [-0.3, -0.25) is 14.9 Å². The SMILES string of the molecule is COc1cc([N+](=O)[O-])ccc1NC(=O)c1noc(C)c1COc1cccc(F)c1. The van der Waals surface area contributed by atoms with E-state index in [1.54, 1.807) is 13.0 Å². The number of carbonyl (C=O) groups excluding carboxylic acids is 1. The van der Waals surface area contributed by atoms with Gasteiger partial charge in [-0.1, -0.05) is 11.2 Å². The topological polar surface area (TPSA) is 117 Å². The maximum atomic E-state index is 13.3. The lowest BCUT2D eigenvalue weighted by Crippen LogP contribution is -2.16. The molecule has 0 fully saturated rings. The van der Waals surface area contributed by atoms with Crippen molar-refractivity contribution in [3.8, 4) is 11.5 Å². The Labute approximate surface area is 164 Å². The Kier molecular flexibility index (Phi) is 5.72. The normalized spacial score (nSPS) is 10.4. The zero-order chi connectivity index (χ0) is 21.0. The highest BCUT2D eigenvalue weighted by Crippen LogP contribution is 2.30. The highest BCUT2D eigenvalue weighted by Gasteiger charge is 2.22. The average Bonchev–Trinajstić information content (AvgIpc) is 3.07. The number of anilines is 1. The van der Waals surface area contributed by atoms with Gasteiger partial charge in [-0.2, -0.15) is 0 Å². The predicted molar refractivity (Wildman–Crippen MR) is 99.6 cm³/mol. The van der Waals surface area contributed by atoms with Gasteiger partial charge < -0.3 is 19.3 Å². The average molecular weight is 401 g/mol. The third kappa shape index (κ3) is 4.49. The van der Waals surface area contributed by atoms with Crippen molar-refractivity contribution in [2.75, 3.05) is 12.4 Å². The number of carbonyl (C=O) groups is 1. The molecule has 0 aliphatic rings. The Morgan fingerprint density at radius 3 is 2.79 bits per heavy atom. The monoisotopic (exact) mass is 401 g/mol. The molecular formula is C19H16FN3O6. The van der Waals surface area contributed by atoms with Crippen LogP contribution >= 0.6 is 0 Å². The summed E-state index contributed by atoms with van der Waals surface area (Å²) in [6.45, 7) is 1.54. The van der Waals surface area contributed by atoms with Crippen LogP contribution in [0.3, 0.4) is 0 Å². The summed E-state index contributed by atoms with van der Waals surface area (Å²) in [5.74, 6) is -0.304. The van der Waals surface area contributed by atoms with E-state index in [1.807, 2.05) is 0 Å². The number of halogens is 1. The van der Waals surface area contributed by atoms with Gasteiger partial charge >= 0.3 is 0 Å². The number of non-ortho nitro benzene ring substituents is 1. The first-order valence-electron chi connectivity index (χ1n) is 8.36. The number of amides is 1. The van der Waals surface area contributed by atoms with E-state index in [4.69, 9.17) is 14.0 Å². The van der Waals surface area contributed by atoms with Crippen molar-refractivity contribution in [3.63, 3.8) is 0 Å². The van der Waals surface area contributed by atoms with Gasteiger partial charge in [0, 0.05) is 12.1 Å². The second kappa shape index (κ2) is 8.38. The number of methoxy groups -OCH3 is 1. The zero-order valence-electron chi connectivity index (χ0n) is 15.5. The highest BCUT2D eigenvalue weighted by atomic mass is 19.1. The summed E-state index contributed by atoms with van der Waals surface area (Å²) in [5, 5.41) is 17.2. The van der Waals surface area contributed by atoms with Crippen LogP contribution in [0.5, 0.6) is 11.5 Å². The third-order valence-corrected chi connectivity index (χ3v) is 4.02. The number of aromatic nitrogens is 1. The summed E-state index contributed by atoms with van der Waals surface area (Å²) in [4.78, 5) is 23.0. The van der Waals surface area contributed by atoms with Gasteiger partial charge in [-0.15, -0.1) is 0 Å². The molecular weight excluding hydrogens is 385 g/mol. The molecule has 29 heavy (non-hydrogen) atoms. The minimum atomic E-state index is -0.619. The Bertz CT molecular complexity index is 1070. The molecule has 1 amide bonds. The van der Waals surface area contributed by atoms with Crippen molar-refractivity contribution in [2.24, 2.45) is 0 Å². The van der Waals surface area contributed by atoms with Crippen molar-refractivity contribution in [3.05, 3.63) is 75.4 Å². The van der Waals surface area contributed by atoms with Gasteiger partial charge in [0.25, 0.3) is 11.6 Å². The fourth-order valence-corrected chi connectivity index (χ4v) is 2.53. The molecule has 0 radical (unpaired) electrons. The summed E-state index contributed by atoms with van der Waals surface area (Å²) in [5.41, 5.74) is 0.397. The second-order valence-corrected chi connectivity index (χ2v) is 5.91. The van der Waals surface area contributed by atoms with E-state index in [2.05, 4.69) is 10.5 Å². The smallest absolute Gasteiger partial charge is 0.278 e. The molecule has 0 aliphatic carbocycles. The first-order valence-corrected chi connectivity index (χ1v) is 8.36. The van der Waals surface area contributed by atoms with Gasteiger partial charge in [0.1, 0.15) is 29.7 Å². The van der Waals surface area contributed by atoms with Crippen LogP contribution in [0.25, 0.3) is 0 Å². The fraction of sp³-hybridized carbons (Fsp3) is 0.158. The lowest BCUT2D eigenvalue weighted by atomic mass is 10.2. The second-order valence-electron chi connectivity index (χ2n) is 5.91. The number of ether oxygens (including phenoxy) is 2. The van der Waals surface area contributed by atoms with E-state index in [0.717, 1.165) is 0 Å². The summed E-state index contributed by atoms with van der Waals surface area (Å²) in [6, 6.07) is 9.36. The van der Waals surface area contributed by atoms with E-state index in [-0.39, 0.29) is 35.2 Å². The number of hydrogen-bond acceptors (Lipinski definition) is 7. The zero-order valence-corrected chi connectivity index (χ0v) is 15.5. The van der Waals surface area contributed by atoms with Crippen molar-refractivity contribution in [2.45, 2.75) is 13.5 Å². The number of nitro benzene ring substituents is 1. The Morgan fingerprint density at radius 1 is 1.31 bits per heavy atom. The first-order chi connectivity index (χ1) is 13.9. The molecule has 1 N–H and O–H groups in total. The minimum absolute atomic E-state index is 0.0284. The number of nitro groups is 1. The summed E-state index contributed by atoms with van der Waals surface area (Å²) < 4.78 is 29.0. The molecule has 0 spiro atoms. The van der Waals surface area contributed by atoms with E-state index < -0.39 is 16.6 Å². The molecule has 3 rings (SSSR count). The molecule has 0 saturated heterocycles. The summed E-state index contributed by atoms with van der Waals surface area (Å²) >= 11 is 0. The summed E-state index contributed by atoms with van der Waals surface area (Å²) in [7, 11) is 1.33. The van der Waals surface area contributed by atoms with Crippen LogP contribution in [0.4, 0.5) is 15.8 Å². The quantitative estimate of drug-likeness (QED) is 0.472. The maximum Gasteiger partial charge on any atom is 0.278 e. The standard InChI is InChI=1S/C19H16FN3O6/c1-11-15(10-28-14-5-3-4-12(20)8-14)18(22-29-11)19(24)21-16-7-6-13(23(25)26)9-17(16)27-2/h3-9H,10H2,1-2H3,(H,21,24). The van der Waals surface area contributed by atoms with Gasteiger partial charge in [0.05, 0.1) is 29.4 Å². The highest BCUT2D eigenvalue weighted by molar-refractivity contribution is 6.04. The third-order valence-electron chi connectivity index (χ3n) is 4.02. The minimum Gasteiger partial charge on any atom is -0.494 e. The van der Waals surface area contributed by atoms with Crippen molar-refractivity contribution < 1.29 is 28.1 Å². The lowest BCUT2D eigenvalue weighted by Gasteiger charge is -2.10. The molecule has 10 heteroatoms. The molecule has 3 aromatic rings. The Hall–Kier alpha value is -3.95. The lowest BCUT2D eigenvalue weighted by molar-refractivity contribution is -0.384. The van der Waals surface area contributed by atoms with E-state index in [0.29, 0.717) is 11.3 Å². The van der Waals surface area contributed by atoms with Gasteiger partial charge in [-0.05, 0) is 25.1 Å². The van der Waals surface area contributed by atoms with Gasteiger partial charge in [-0.25, -0.2) is 4.39 Å². The molecule has 0 saturated carbocycles. The summed E-state index contributed by atoms with van der Waals surface area (Å²) in [6.07, 6.45) is 0. The number of benzene rings is 2. The van der Waals surface area contributed by atoms with Crippen molar-refractivity contribution in [1.29, 1.82) is 0 Å². The van der Waals surface area contributed by atoms with Crippen LogP contribution in [-0.4, -0.2) is 23.1 Å². The molecule has 1 aromatic heterocycles. The molecule has 0 unspecified atom stereocenters. The van der Waals surface area contributed by atoms with Crippen LogP contribution < -0.4 is 14.8 Å². The van der Waals surface area contributed by atoms with Crippen LogP contribution in [0.1, 0.15) is 21.8 Å². The van der Waals surface area contributed by atoms with Crippen LogP contribution in [0.2, 0.25) is 0 Å². The van der Waals surface area contributed by atoms with E-state index in [9.17, 15) is 19.3 Å². The fourth-order valence-electron chi connectivity index (χ4n) is 2.53. The Balaban J connectivity index is 1.79.